The minimum atomic E-state index is 0.841. The van der Waals surface area contributed by atoms with Gasteiger partial charge in [-0.3, -0.25) is 0 Å². The maximum atomic E-state index is 6.06. The van der Waals surface area contributed by atoms with Gasteiger partial charge in [0.1, 0.15) is 17.3 Å². The predicted molar refractivity (Wildman–Crippen MR) is 115 cm³/mol. The van der Waals surface area contributed by atoms with Crippen LogP contribution in [0.5, 0.6) is 11.5 Å². The molecule has 139 valence electrons. The summed E-state index contributed by atoms with van der Waals surface area (Å²) in [6, 6.07) is 24.7. The molecule has 4 rings (SSSR count). The Morgan fingerprint density at radius 2 is 1.64 bits per heavy atom. The maximum absolute atomic E-state index is 6.06. The van der Waals surface area contributed by atoms with Gasteiger partial charge in [-0.2, -0.15) is 0 Å². The van der Waals surface area contributed by atoms with Crippen LogP contribution in [0.2, 0.25) is 0 Å². The number of hydrogen-bond donors (Lipinski definition) is 0. The van der Waals surface area contributed by atoms with E-state index in [4.69, 9.17) is 9.47 Å². The number of ether oxygens (including phenoxy) is 2. The SMILES string of the molecule is COc1ccc(C2=CC(Oc3ccccc3)=CC[CH]2)c(-c2cccc(C)c2)c1. The van der Waals surface area contributed by atoms with Crippen molar-refractivity contribution in [1.29, 1.82) is 0 Å². The fourth-order valence-electron chi connectivity index (χ4n) is 3.41. The van der Waals surface area contributed by atoms with Crippen LogP contribution in [0.15, 0.2) is 90.7 Å². The van der Waals surface area contributed by atoms with Crippen molar-refractivity contribution >= 4 is 5.57 Å². The Morgan fingerprint density at radius 1 is 0.786 bits per heavy atom. The molecule has 0 saturated carbocycles. The van der Waals surface area contributed by atoms with E-state index in [1.165, 1.54) is 16.7 Å². The highest BCUT2D eigenvalue weighted by atomic mass is 16.5. The zero-order valence-electron chi connectivity index (χ0n) is 16.2. The van der Waals surface area contributed by atoms with Crippen molar-refractivity contribution in [3.05, 3.63) is 108 Å². The summed E-state index contributed by atoms with van der Waals surface area (Å²) in [4.78, 5) is 0. The van der Waals surface area contributed by atoms with Crippen LogP contribution in [0.25, 0.3) is 16.7 Å². The Labute approximate surface area is 166 Å². The Balaban J connectivity index is 1.73. The van der Waals surface area contributed by atoms with Gasteiger partial charge in [0.25, 0.3) is 0 Å². The fraction of sp³-hybridized carbons (Fsp3) is 0.115. The van der Waals surface area contributed by atoms with Gasteiger partial charge in [0.2, 0.25) is 0 Å². The molecule has 0 N–H and O–H groups in total. The summed E-state index contributed by atoms with van der Waals surface area (Å²) in [7, 11) is 1.70. The van der Waals surface area contributed by atoms with Gasteiger partial charge in [0, 0.05) is 0 Å². The summed E-state index contributed by atoms with van der Waals surface area (Å²) < 4.78 is 11.5. The largest absolute Gasteiger partial charge is 0.497 e. The van der Waals surface area contributed by atoms with E-state index < -0.39 is 0 Å². The topological polar surface area (TPSA) is 18.5 Å². The number of rotatable bonds is 5. The third-order valence-electron chi connectivity index (χ3n) is 4.80. The van der Waals surface area contributed by atoms with Gasteiger partial charge in [-0.25, -0.2) is 0 Å². The number of para-hydroxylation sites is 1. The zero-order valence-corrected chi connectivity index (χ0v) is 16.2. The predicted octanol–water partition coefficient (Wildman–Crippen LogP) is 6.62. The summed E-state index contributed by atoms with van der Waals surface area (Å²) in [5.74, 6) is 2.57. The number of methoxy groups -OCH3 is 1. The van der Waals surface area contributed by atoms with E-state index in [0.29, 0.717) is 0 Å². The Bertz CT molecular complexity index is 1030. The van der Waals surface area contributed by atoms with E-state index in [9.17, 15) is 0 Å². The third kappa shape index (κ3) is 4.01. The van der Waals surface area contributed by atoms with Gasteiger partial charge in [0.15, 0.2) is 0 Å². The van der Waals surface area contributed by atoms with E-state index in [1.54, 1.807) is 7.11 Å². The van der Waals surface area contributed by atoms with Gasteiger partial charge >= 0.3 is 0 Å². The molecule has 28 heavy (non-hydrogen) atoms. The van der Waals surface area contributed by atoms with Crippen molar-refractivity contribution in [2.45, 2.75) is 13.3 Å². The van der Waals surface area contributed by atoms with Crippen LogP contribution in [0.3, 0.4) is 0 Å². The quantitative estimate of drug-likeness (QED) is 0.504. The number of hydrogen-bond acceptors (Lipinski definition) is 2. The molecule has 3 aromatic carbocycles. The highest BCUT2D eigenvalue weighted by Gasteiger charge is 2.15. The Morgan fingerprint density at radius 3 is 2.43 bits per heavy atom. The Hall–Kier alpha value is -3.26. The van der Waals surface area contributed by atoms with E-state index in [2.05, 4.69) is 61.9 Å². The molecule has 1 aliphatic carbocycles. The van der Waals surface area contributed by atoms with Crippen molar-refractivity contribution in [2.75, 3.05) is 7.11 Å². The molecular weight excluding hydrogens is 344 g/mol. The first-order valence-electron chi connectivity index (χ1n) is 9.46. The second-order valence-electron chi connectivity index (χ2n) is 6.84. The first kappa shape index (κ1) is 18.1. The minimum absolute atomic E-state index is 0.841. The van der Waals surface area contributed by atoms with Gasteiger partial charge in [-0.15, -0.1) is 0 Å². The molecule has 0 fully saturated rings. The molecule has 2 heteroatoms. The average Bonchev–Trinajstić information content (AvgIpc) is 2.74. The lowest BCUT2D eigenvalue weighted by atomic mass is 9.89. The summed E-state index contributed by atoms with van der Waals surface area (Å²) >= 11 is 0. The molecule has 0 amide bonds. The normalized spacial score (nSPS) is 13.5. The lowest BCUT2D eigenvalue weighted by molar-refractivity contribution is 0.415. The molecular formula is C26H23O2. The zero-order chi connectivity index (χ0) is 19.3. The Kier molecular flexibility index (Phi) is 5.29. The standard InChI is InChI=1S/C26H23O2/c1-19-8-6-9-20(16-19)26-18-23(27-2)14-15-25(26)21-10-7-13-24(17-21)28-22-11-4-3-5-12-22/h3-6,8-18H,7H2,1-2H3. The molecule has 0 spiro atoms. The van der Waals surface area contributed by atoms with E-state index >= 15 is 0 Å². The van der Waals surface area contributed by atoms with Gasteiger partial charge in [-0.1, -0.05) is 54.1 Å². The van der Waals surface area contributed by atoms with Crippen LogP contribution in [0.1, 0.15) is 17.5 Å². The highest BCUT2D eigenvalue weighted by molar-refractivity contribution is 5.86. The molecule has 0 aliphatic heterocycles. The van der Waals surface area contributed by atoms with Crippen molar-refractivity contribution in [2.24, 2.45) is 0 Å². The lowest BCUT2D eigenvalue weighted by Gasteiger charge is -2.18. The fourth-order valence-corrected chi connectivity index (χ4v) is 3.41. The van der Waals surface area contributed by atoms with E-state index in [1.807, 2.05) is 36.4 Å². The second-order valence-corrected chi connectivity index (χ2v) is 6.84. The molecule has 2 nitrogen and oxygen atoms in total. The summed E-state index contributed by atoms with van der Waals surface area (Å²) in [6.07, 6.45) is 7.29. The summed E-state index contributed by atoms with van der Waals surface area (Å²) in [5.41, 5.74) is 5.91. The van der Waals surface area contributed by atoms with Crippen LogP contribution >= 0.6 is 0 Å². The first-order chi connectivity index (χ1) is 13.7. The van der Waals surface area contributed by atoms with Crippen LogP contribution in [-0.4, -0.2) is 7.11 Å². The van der Waals surface area contributed by atoms with Gasteiger partial charge < -0.3 is 9.47 Å². The summed E-state index contributed by atoms with van der Waals surface area (Å²) in [6.45, 7) is 2.11. The lowest BCUT2D eigenvalue weighted by Crippen LogP contribution is -2.01. The third-order valence-corrected chi connectivity index (χ3v) is 4.80. The monoisotopic (exact) mass is 367 g/mol. The first-order valence-corrected chi connectivity index (χ1v) is 9.46. The molecule has 1 radical (unpaired) electrons. The highest BCUT2D eigenvalue weighted by Crippen LogP contribution is 2.36. The summed E-state index contributed by atoms with van der Waals surface area (Å²) in [5, 5.41) is 0. The maximum Gasteiger partial charge on any atom is 0.127 e. The van der Waals surface area contributed by atoms with Gasteiger partial charge in [0.05, 0.1) is 7.11 Å². The van der Waals surface area contributed by atoms with Crippen LogP contribution in [-0.2, 0) is 0 Å². The number of allylic oxidation sites excluding steroid dienone is 3. The molecule has 1 aliphatic rings. The van der Waals surface area contributed by atoms with Crippen molar-refractivity contribution in [3.63, 3.8) is 0 Å². The minimum Gasteiger partial charge on any atom is -0.497 e. The second kappa shape index (κ2) is 8.18. The van der Waals surface area contributed by atoms with Crippen LogP contribution < -0.4 is 9.47 Å². The van der Waals surface area contributed by atoms with Crippen molar-refractivity contribution < 1.29 is 9.47 Å². The van der Waals surface area contributed by atoms with E-state index in [0.717, 1.165) is 34.8 Å². The molecule has 0 unspecified atom stereocenters. The van der Waals surface area contributed by atoms with E-state index in [-0.39, 0.29) is 0 Å². The molecule has 0 saturated heterocycles. The molecule has 0 atom stereocenters. The average molecular weight is 367 g/mol. The van der Waals surface area contributed by atoms with Crippen molar-refractivity contribution in [1.82, 2.24) is 0 Å². The molecule has 3 aromatic rings. The molecule has 0 aromatic heterocycles. The smallest absolute Gasteiger partial charge is 0.127 e. The number of aryl methyl sites for hydroxylation is 1. The van der Waals surface area contributed by atoms with Crippen LogP contribution in [0, 0.1) is 13.3 Å². The van der Waals surface area contributed by atoms with Crippen LogP contribution in [0.4, 0.5) is 0 Å². The van der Waals surface area contributed by atoms with Crippen molar-refractivity contribution in [3.8, 4) is 22.6 Å². The molecule has 0 bridgehead atoms. The van der Waals surface area contributed by atoms with Gasteiger partial charge in [-0.05, 0) is 78.4 Å². The molecule has 0 heterocycles. The number of benzene rings is 3.